The minimum Gasteiger partial charge on any atom is -0.452 e. The second-order valence-electron chi connectivity index (χ2n) is 5.70. The Hall–Kier alpha value is -1.01. The molecule has 2 aromatic rings. The second kappa shape index (κ2) is 7.26. The molecule has 0 saturated carbocycles. The molecule has 0 bridgehead atoms. The molecular formula is C17H19Br2NO3. The van der Waals surface area contributed by atoms with Gasteiger partial charge in [-0.25, -0.2) is 0 Å². The number of unbranched alkanes of at least 4 members (excludes halogenated alkanes) is 4. The number of carbonyl (C=O) groups excluding carboxylic acids is 1. The number of halogens is 2. The molecule has 0 spiro atoms. The Labute approximate surface area is 152 Å². The van der Waals surface area contributed by atoms with Gasteiger partial charge in [-0.2, -0.15) is 0 Å². The van der Waals surface area contributed by atoms with E-state index in [2.05, 4.69) is 38.8 Å². The van der Waals surface area contributed by atoms with E-state index in [1.54, 1.807) is 4.57 Å². The first-order chi connectivity index (χ1) is 11.1. The Balaban J connectivity index is 1.85. The topological polar surface area (TPSA) is 40.5 Å². The summed E-state index contributed by atoms with van der Waals surface area (Å²) >= 11 is 7.13. The van der Waals surface area contributed by atoms with Crippen LogP contribution in [0.2, 0.25) is 0 Å². The zero-order valence-corrected chi connectivity index (χ0v) is 16.2. The summed E-state index contributed by atoms with van der Waals surface area (Å²) in [6, 6.07) is 1.93. The fourth-order valence-corrected chi connectivity index (χ4v) is 4.19. The zero-order chi connectivity index (χ0) is 16.4. The van der Waals surface area contributed by atoms with Gasteiger partial charge in [0.2, 0.25) is 12.7 Å². The van der Waals surface area contributed by atoms with Gasteiger partial charge >= 0.3 is 0 Å². The minimum absolute atomic E-state index is 0.114. The van der Waals surface area contributed by atoms with Crippen LogP contribution in [0.5, 0.6) is 11.5 Å². The van der Waals surface area contributed by atoms with Crippen molar-refractivity contribution in [3.63, 3.8) is 0 Å². The van der Waals surface area contributed by atoms with Gasteiger partial charge in [-0.1, -0.05) is 32.6 Å². The molecule has 1 aliphatic rings. The Bertz CT molecular complexity index is 739. The molecule has 1 aromatic carbocycles. The number of ether oxygens (including phenoxy) is 2. The monoisotopic (exact) mass is 443 g/mol. The van der Waals surface area contributed by atoms with Crippen LogP contribution >= 0.6 is 31.9 Å². The third-order valence-electron chi connectivity index (χ3n) is 4.11. The average molecular weight is 445 g/mol. The molecule has 124 valence electrons. The number of rotatable bonds is 6. The molecule has 0 atom stereocenters. The van der Waals surface area contributed by atoms with E-state index >= 15 is 0 Å². The Kier molecular flexibility index (Phi) is 5.31. The van der Waals surface area contributed by atoms with Gasteiger partial charge in [0, 0.05) is 18.0 Å². The molecule has 6 heteroatoms. The number of fused-ring (bicyclic) bond motifs is 2. The molecule has 0 aliphatic carbocycles. The SMILES string of the molecule is CCCCCCCC(=O)n1ccc2c(Br)c3c(c(Br)c21)OCO3. The highest BCUT2D eigenvalue weighted by molar-refractivity contribution is 9.11. The van der Waals surface area contributed by atoms with Crippen molar-refractivity contribution in [1.82, 2.24) is 4.57 Å². The summed E-state index contributed by atoms with van der Waals surface area (Å²) in [6.45, 7) is 2.39. The predicted molar refractivity (Wildman–Crippen MR) is 97.5 cm³/mol. The van der Waals surface area contributed by atoms with E-state index in [1.165, 1.54) is 19.3 Å². The summed E-state index contributed by atoms with van der Waals surface area (Å²) in [5.74, 6) is 1.46. The van der Waals surface area contributed by atoms with Gasteiger partial charge in [0.15, 0.2) is 11.5 Å². The van der Waals surface area contributed by atoms with Crippen LogP contribution in [-0.4, -0.2) is 17.3 Å². The van der Waals surface area contributed by atoms with Crippen molar-refractivity contribution >= 4 is 48.7 Å². The average Bonchev–Trinajstić information content (AvgIpc) is 3.19. The molecule has 0 unspecified atom stereocenters. The summed E-state index contributed by atoms with van der Waals surface area (Å²) in [5.41, 5.74) is 0.833. The molecule has 0 saturated heterocycles. The first-order valence-electron chi connectivity index (χ1n) is 7.96. The number of benzene rings is 1. The van der Waals surface area contributed by atoms with Crippen molar-refractivity contribution in [2.24, 2.45) is 0 Å². The first-order valence-corrected chi connectivity index (χ1v) is 9.54. The predicted octanol–water partition coefficient (Wildman–Crippen LogP) is 5.90. The van der Waals surface area contributed by atoms with Crippen LogP contribution in [0.25, 0.3) is 10.9 Å². The molecule has 0 N–H and O–H groups in total. The number of carbonyl (C=O) groups is 1. The fourth-order valence-electron chi connectivity index (χ4n) is 2.88. The number of aromatic nitrogens is 1. The minimum atomic E-state index is 0.114. The molecular weight excluding hydrogens is 426 g/mol. The van der Waals surface area contributed by atoms with Crippen molar-refractivity contribution in [3.05, 3.63) is 21.2 Å². The molecule has 0 amide bonds. The Morgan fingerprint density at radius 1 is 1.13 bits per heavy atom. The third kappa shape index (κ3) is 3.15. The number of nitrogens with zero attached hydrogens (tertiary/aromatic N) is 1. The van der Waals surface area contributed by atoms with Gasteiger partial charge < -0.3 is 9.47 Å². The maximum atomic E-state index is 12.6. The normalized spacial score (nSPS) is 13.0. The molecule has 23 heavy (non-hydrogen) atoms. The van der Waals surface area contributed by atoms with Gasteiger partial charge in [0.1, 0.15) is 0 Å². The maximum absolute atomic E-state index is 12.6. The van der Waals surface area contributed by atoms with Crippen LogP contribution in [0.1, 0.15) is 50.2 Å². The third-order valence-corrected chi connectivity index (χ3v) is 5.63. The van der Waals surface area contributed by atoms with E-state index in [0.29, 0.717) is 17.9 Å². The highest BCUT2D eigenvalue weighted by Crippen LogP contribution is 2.50. The molecule has 1 aliphatic heterocycles. The van der Waals surface area contributed by atoms with Gasteiger partial charge in [-0.05, 0) is 44.3 Å². The van der Waals surface area contributed by atoms with E-state index < -0.39 is 0 Å². The largest absolute Gasteiger partial charge is 0.452 e. The number of hydrogen-bond acceptors (Lipinski definition) is 3. The van der Waals surface area contributed by atoms with Crippen LogP contribution in [-0.2, 0) is 0 Å². The summed E-state index contributed by atoms with van der Waals surface area (Å²) in [7, 11) is 0. The van der Waals surface area contributed by atoms with Crippen LogP contribution in [0.3, 0.4) is 0 Å². The summed E-state index contributed by atoms with van der Waals surface area (Å²) in [5, 5.41) is 0.945. The summed E-state index contributed by atoms with van der Waals surface area (Å²) < 4.78 is 14.3. The van der Waals surface area contributed by atoms with Crippen molar-refractivity contribution in [2.75, 3.05) is 6.79 Å². The standard InChI is InChI=1S/C17H19Br2NO3/c1-2-3-4-5-6-7-12(21)20-9-8-11-13(18)16-17(23-10-22-16)14(19)15(11)20/h8-9H,2-7,10H2,1H3. The smallest absolute Gasteiger partial charge is 0.231 e. The van der Waals surface area contributed by atoms with E-state index in [9.17, 15) is 4.79 Å². The fraction of sp³-hybridized carbons (Fsp3) is 0.471. The lowest BCUT2D eigenvalue weighted by molar-refractivity contribution is 0.0904. The molecule has 3 rings (SSSR count). The van der Waals surface area contributed by atoms with Crippen molar-refractivity contribution in [1.29, 1.82) is 0 Å². The van der Waals surface area contributed by atoms with E-state index in [4.69, 9.17) is 9.47 Å². The van der Waals surface area contributed by atoms with Gasteiger partial charge in [0.25, 0.3) is 0 Å². The second-order valence-corrected chi connectivity index (χ2v) is 7.28. The van der Waals surface area contributed by atoms with Crippen LogP contribution < -0.4 is 9.47 Å². The van der Waals surface area contributed by atoms with E-state index in [0.717, 1.165) is 32.7 Å². The quantitative estimate of drug-likeness (QED) is 0.521. The van der Waals surface area contributed by atoms with Gasteiger partial charge in [0.05, 0.1) is 14.5 Å². The lowest BCUT2D eigenvalue weighted by Gasteiger charge is -2.09. The van der Waals surface area contributed by atoms with E-state index in [1.807, 2.05) is 12.3 Å². The summed E-state index contributed by atoms with van der Waals surface area (Å²) in [4.78, 5) is 12.6. The van der Waals surface area contributed by atoms with Crippen LogP contribution in [0.15, 0.2) is 21.2 Å². The first kappa shape index (κ1) is 16.8. The lowest BCUT2D eigenvalue weighted by Crippen LogP contribution is -2.09. The van der Waals surface area contributed by atoms with Crippen LogP contribution in [0.4, 0.5) is 0 Å². The van der Waals surface area contributed by atoms with Crippen molar-refractivity contribution in [3.8, 4) is 11.5 Å². The highest BCUT2D eigenvalue weighted by Gasteiger charge is 2.26. The van der Waals surface area contributed by atoms with Crippen molar-refractivity contribution in [2.45, 2.75) is 45.4 Å². The molecule has 4 nitrogen and oxygen atoms in total. The number of hydrogen-bond donors (Lipinski definition) is 0. The highest BCUT2D eigenvalue weighted by atomic mass is 79.9. The van der Waals surface area contributed by atoms with E-state index in [-0.39, 0.29) is 12.7 Å². The van der Waals surface area contributed by atoms with Crippen LogP contribution in [0, 0.1) is 0 Å². The molecule has 0 fully saturated rings. The Morgan fingerprint density at radius 3 is 2.57 bits per heavy atom. The van der Waals surface area contributed by atoms with Gasteiger partial charge in [-0.3, -0.25) is 9.36 Å². The summed E-state index contributed by atoms with van der Waals surface area (Å²) in [6.07, 6.45) is 8.07. The maximum Gasteiger partial charge on any atom is 0.231 e. The molecule has 1 aromatic heterocycles. The lowest BCUT2D eigenvalue weighted by atomic mass is 10.1. The van der Waals surface area contributed by atoms with Gasteiger partial charge in [-0.15, -0.1) is 0 Å². The van der Waals surface area contributed by atoms with Crippen molar-refractivity contribution < 1.29 is 14.3 Å². The molecule has 0 radical (unpaired) electrons. The zero-order valence-electron chi connectivity index (χ0n) is 13.0. The molecule has 2 heterocycles. The Morgan fingerprint density at radius 2 is 1.83 bits per heavy atom.